The summed E-state index contributed by atoms with van der Waals surface area (Å²) < 4.78 is 5.67. The zero-order valence-electron chi connectivity index (χ0n) is 12.8. The van der Waals surface area contributed by atoms with Gasteiger partial charge in [0, 0.05) is 17.6 Å². The zero-order chi connectivity index (χ0) is 15.5. The minimum Gasteiger partial charge on any atom is -0.374 e. The van der Waals surface area contributed by atoms with E-state index in [1.807, 2.05) is 45.0 Å². The Morgan fingerprint density at radius 3 is 2.52 bits per heavy atom. The van der Waals surface area contributed by atoms with Crippen LogP contribution in [-0.4, -0.2) is 36.7 Å². The molecule has 0 aromatic heterocycles. The Morgan fingerprint density at radius 2 is 1.95 bits per heavy atom. The molecule has 0 aliphatic carbocycles. The predicted molar refractivity (Wildman–Crippen MR) is 84.6 cm³/mol. The van der Waals surface area contributed by atoms with Crippen molar-refractivity contribution in [2.24, 2.45) is 0 Å². The molecule has 4 nitrogen and oxygen atoms in total. The highest BCUT2D eigenvalue weighted by molar-refractivity contribution is 6.30. The molecule has 1 aromatic rings. The lowest BCUT2D eigenvalue weighted by Gasteiger charge is -2.32. The van der Waals surface area contributed by atoms with Gasteiger partial charge in [-0.25, -0.2) is 0 Å². The second-order valence-electron chi connectivity index (χ2n) is 6.42. The second-order valence-corrected chi connectivity index (χ2v) is 6.86. The first-order chi connectivity index (χ1) is 9.83. The molecule has 0 radical (unpaired) electrons. The molecule has 5 heteroatoms. The number of piperazine rings is 1. The van der Waals surface area contributed by atoms with E-state index in [4.69, 9.17) is 16.3 Å². The van der Waals surface area contributed by atoms with Crippen LogP contribution in [0.3, 0.4) is 0 Å². The van der Waals surface area contributed by atoms with E-state index in [1.54, 1.807) is 0 Å². The van der Waals surface area contributed by atoms with E-state index in [2.05, 4.69) is 10.6 Å². The smallest absolute Gasteiger partial charge is 0.239 e. The summed E-state index contributed by atoms with van der Waals surface area (Å²) in [7, 11) is 0. The normalized spacial score (nSPS) is 23.0. The molecule has 0 unspecified atom stereocenters. The van der Waals surface area contributed by atoms with Crippen LogP contribution in [0.2, 0.25) is 5.02 Å². The Hall–Kier alpha value is -1.10. The number of amides is 1. The third-order valence-corrected chi connectivity index (χ3v) is 3.60. The zero-order valence-corrected chi connectivity index (χ0v) is 13.5. The molecule has 0 spiro atoms. The molecule has 2 rings (SSSR count). The van der Waals surface area contributed by atoms with Crippen LogP contribution in [0.5, 0.6) is 0 Å². The number of rotatable bonds is 4. The van der Waals surface area contributed by atoms with Crippen molar-refractivity contribution in [3.63, 3.8) is 0 Å². The number of benzene rings is 1. The molecule has 2 N–H and O–H groups in total. The number of carbonyl (C=O) groups is 1. The summed E-state index contributed by atoms with van der Waals surface area (Å²) in [6, 6.07) is 7.55. The monoisotopic (exact) mass is 310 g/mol. The SMILES string of the molecule is CC(C)(C)OC[C@@H]1NC[C@H](Cc2ccc(Cl)cc2)NC1=O. The Balaban J connectivity index is 1.83. The third kappa shape index (κ3) is 5.30. The summed E-state index contributed by atoms with van der Waals surface area (Å²) in [6.45, 7) is 7.08. The number of halogens is 1. The van der Waals surface area contributed by atoms with Gasteiger partial charge in [-0.2, -0.15) is 0 Å². The average molecular weight is 311 g/mol. The van der Waals surface area contributed by atoms with E-state index < -0.39 is 0 Å². The van der Waals surface area contributed by atoms with Crippen LogP contribution < -0.4 is 10.6 Å². The maximum absolute atomic E-state index is 12.1. The summed E-state index contributed by atoms with van der Waals surface area (Å²) in [6.07, 6.45) is 0.794. The lowest BCUT2D eigenvalue weighted by Crippen LogP contribution is -2.60. The molecule has 116 valence electrons. The van der Waals surface area contributed by atoms with Gasteiger partial charge in [0.15, 0.2) is 0 Å². The molecule has 1 aromatic carbocycles. The highest BCUT2D eigenvalue weighted by Crippen LogP contribution is 2.13. The first kappa shape index (κ1) is 16.3. The van der Waals surface area contributed by atoms with E-state index in [0.717, 1.165) is 23.6 Å². The summed E-state index contributed by atoms with van der Waals surface area (Å²) >= 11 is 5.87. The van der Waals surface area contributed by atoms with Gasteiger partial charge in [0.05, 0.1) is 12.2 Å². The van der Waals surface area contributed by atoms with Crippen LogP contribution in [0.15, 0.2) is 24.3 Å². The van der Waals surface area contributed by atoms with Gasteiger partial charge in [0.2, 0.25) is 5.91 Å². The third-order valence-electron chi connectivity index (χ3n) is 3.35. The van der Waals surface area contributed by atoms with E-state index in [1.165, 1.54) is 0 Å². The number of carbonyl (C=O) groups excluding carboxylic acids is 1. The van der Waals surface area contributed by atoms with Gasteiger partial charge in [-0.3, -0.25) is 4.79 Å². The number of nitrogens with one attached hydrogen (secondary N) is 2. The average Bonchev–Trinajstić information content (AvgIpc) is 2.39. The van der Waals surface area contributed by atoms with Crippen molar-refractivity contribution < 1.29 is 9.53 Å². The molecule has 21 heavy (non-hydrogen) atoms. The lowest BCUT2D eigenvalue weighted by molar-refractivity contribution is -0.128. The molecule has 2 atom stereocenters. The van der Waals surface area contributed by atoms with Crippen molar-refractivity contribution >= 4 is 17.5 Å². The first-order valence-electron chi connectivity index (χ1n) is 7.26. The standard InChI is InChI=1S/C16H23ClN2O2/c1-16(2,3)21-10-14-15(20)19-13(9-18-14)8-11-4-6-12(17)7-5-11/h4-7,13-14,18H,8-10H2,1-3H3,(H,19,20)/t13-,14-/m0/s1. The van der Waals surface area contributed by atoms with Crippen LogP contribution in [0.25, 0.3) is 0 Å². The second kappa shape index (κ2) is 6.77. The molecule has 1 aliphatic rings. The lowest BCUT2D eigenvalue weighted by atomic mass is 10.0. The Kier molecular flexibility index (Phi) is 5.25. The van der Waals surface area contributed by atoms with Gasteiger partial charge >= 0.3 is 0 Å². The summed E-state index contributed by atoms with van der Waals surface area (Å²) in [5, 5.41) is 7.04. The molecule has 1 saturated heterocycles. The van der Waals surface area contributed by atoms with Crippen LogP contribution >= 0.6 is 11.6 Å². The molecule has 0 bridgehead atoms. The van der Waals surface area contributed by atoms with Crippen molar-refractivity contribution in [1.29, 1.82) is 0 Å². The Bertz CT molecular complexity index is 482. The van der Waals surface area contributed by atoms with Crippen molar-refractivity contribution in [3.8, 4) is 0 Å². The summed E-state index contributed by atoms with van der Waals surface area (Å²) in [5.74, 6) is 0.00413. The Morgan fingerprint density at radius 1 is 1.29 bits per heavy atom. The van der Waals surface area contributed by atoms with Crippen LogP contribution in [0.1, 0.15) is 26.3 Å². The highest BCUT2D eigenvalue weighted by Gasteiger charge is 2.28. The topological polar surface area (TPSA) is 50.4 Å². The van der Waals surface area contributed by atoms with Crippen molar-refractivity contribution in [1.82, 2.24) is 10.6 Å². The summed E-state index contributed by atoms with van der Waals surface area (Å²) in [4.78, 5) is 12.1. The highest BCUT2D eigenvalue weighted by atomic mass is 35.5. The van der Waals surface area contributed by atoms with Crippen LogP contribution in [0.4, 0.5) is 0 Å². The molecular formula is C16H23ClN2O2. The fraction of sp³-hybridized carbons (Fsp3) is 0.562. The minimum absolute atomic E-state index is 0.00413. The van der Waals surface area contributed by atoms with Gasteiger partial charge in [0.1, 0.15) is 6.04 Å². The van der Waals surface area contributed by atoms with Gasteiger partial charge < -0.3 is 15.4 Å². The minimum atomic E-state index is -0.273. The van der Waals surface area contributed by atoms with Gasteiger partial charge in [-0.05, 0) is 44.9 Å². The van der Waals surface area contributed by atoms with E-state index in [0.29, 0.717) is 6.61 Å². The van der Waals surface area contributed by atoms with Gasteiger partial charge in [0.25, 0.3) is 0 Å². The molecule has 1 heterocycles. The van der Waals surface area contributed by atoms with E-state index >= 15 is 0 Å². The molecular weight excluding hydrogens is 288 g/mol. The number of ether oxygens (including phenoxy) is 1. The largest absolute Gasteiger partial charge is 0.374 e. The Labute approximate surface area is 131 Å². The van der Waals surface area contributed by atoms with Crippen molar-refractivity contribution in [3.05, 3.63) is 34.9 Å². The molecule has 1 fully saturated rings. The van der Waals surface area contributed by atoms with Crippen molar-refractivity contribution in [2.75, 3.05) is 13.2 Å². The predicted octanol–water partition coefficient (Wildman–Crippen LogP) is 2.15. The van der Waals surface area contributed by atoms with Gasteiger partial charge in [-0.15, -0.1) is 0 Å². The molecule has 1 aliphatic heterocycles. The number of hydrogen-bond donors (Lipinski definition) is 2. The van der Waals surface area contributed by atoms with Crippen LogP contribution in [-0.2, 0) is 16.0 Å². The maximum Gasteiger partial charge on any atom is 0.239 e. The van der Waals surface area contributed by atoms with E-state index in [9.17, 15) is 4.79 Å². The molecule has 1 amide bonds. The van der Waals surface area contributed by atoms with Crippen LogP contribution in [0, 0.1) is 0 Å². The summed E-state index contributed by atoms with van der Waals surface area (Å²) in [5.41, 5.74) is 0.929. The quantitative estimate of drug-likeness (QED) is 0.896. The fourth-order valence-electron chi connectivity index (χ4n) is 2.23. The van der Waals surface area contributed by atoms with Gasteiger partial charge in [-0.1, -0.05) is 23.7 Å². The number of hydrogen-bond acceptors (Lipinski definition) is 3. The van der Waals surface area contributed by atoms with E-state index in [-0.39, 0.29) is 23.6 Å². The molecule has 0 saturated carbocycles. The van der Waals surface area contributed by atoms with Crippen molar-refractivity contribution in [2.45, 2.75) is 44.9 Å². The maximum atomic E-state index is 12.1. The first-order valence-corrected chi connectivity index (χ1v) is 7.63. The fourth-order valence-corrected chi connectivity index (χ4v) is 2.35.